The number of benzene rings is 1. The smallest absolute Gasteiger partial charge is 0.341 e. The number of carboxylic acid groups (broad SMARTS) is 1. The molecule has 0 aliphatic heterocycles. The van der Waals surface area contributed by atoms with Crippen LogP contribution in [0.5, 0.6) is 0 Å². The van der Waals surface area contributed by atoms with E-state index in [0.717, 1.165) is 41.9 Å². The van der Waals surface area contributed by atoms with Gasteiger partial charge in [-0.15, -0.1) is 11.3 Å². The predicted molar refractivity (Wildman–Crippen MR) is 111 cm³/mol. The van der Waals surface area contributed by atoms with Gasteiger partial charge in [-0.1, -0.05) is 0 Å². The van der Waals surface area contributed by atoms with Crippen molar-refractivity contribution in [2.24, 2.45) is 5.73 Å². The summed E-state index contributed by atoms with van der Waals surface area (Å²) in [5.74, 6) is -1.78. The summed E-state index contributed by atoms with van der Waals surface area (Å²) in [5, 5.41) is 9.56. The molecule has 2 aromatic heterocycles. The minimum absolute atomic E-state index is 0.0101. The van der Waals surface area contributed by atoms with Crippen LogP contribution in [0.1, 0.15) is 64.1 Å². The van der Waals surface area contributed by atoms with Crippen LogP contribution in [-0.2, 0) is 6.42 Å². The maximum atomic E-state index is 15.3. The van der Waals surface area contributed by atoms with Crippen LogP contribution in [0.15, 0.2) is 23.1 Å². The summed E-state index contributed by atoms with van der Waals surface area (Å²) in [5.41, 5.74) is 8.29. The van der Waals surface area contributed by atoms with Gasteiger partial charge in [0.15, 0.2) is 0 Å². The summed E-state index contributed by atoms with van der Waals surface area (Å²) in [6, 6.07) is 3.38. The summed E-state index contributed by atoms with van der Waals surface area (Å²) in [4.78, 5) is 26.2. The molecule has 29 heavy (non-hydrogen) atoms. The lowest BCUT2D eigenvalue weighted by molar-refractivity contribution is 0.0695. The molecule has 5 nitrogen and oxygen atoms in total. The summed E-state index contributed by atoms with van der Waals surface area (Å²) in [6.07, 6.45) is 6.18. The lowest BCUT2D eigenvalue weighted by atomic mass is 9.94. The second kappa shape index (κ2) is 6.50. The molecule has 3 aromatic rings. The molecule has 3 N–H and O–H groups in total. The van der Waals surface area contributed by atoms with Crippen molar-refractivity contribution in [3.63, 3.8) is 0 Å². The van der Waals surface area contributed by atoms with Gasteiger partial charge in [0.1, 0.15) is 11.4 Å². The zero-order valence-electron chi connectivity index (χ0n) is 16.0. The highest BCUT2D eigenvalue weighted by molar-refractivity contribution is 7.15. The van der Waals surface area contributed by atoms with Crippen LogP contribution in [0.3, 0.4) is 0 Å². The van der Waals surface area contributed by atoms with Crippen LogP contribution in [0.2, 0.25) is 0 Å². The maximum Gasteiger partial charge on any atom is 0.341 e. The molecule has 0 bridgehead atoms. The molecule has 0 saturated heterocycles. The number of nitrogens with zero attached hydrogens (tertiary/aromatic N) is 1. The first-order valence-electron chi connectivity index (χ1n) is 9.86. The second-order valence-electron chi connectivity index (χ2n) is 8.07. The van der Waals surface area contributed by atoms with Crippen LogP contribution in [0.25, 0.3) is 21.3 Å². The van der Waals surface area contributed by atoms with Crippen LogP contribution in [0.4, 0.5) is 4.39 Å². The number of aryl methyl sites for hydroxylation is 2. The third kappa shape index (κ3) is 2.83. The molecule has 0 amide bonds. The molecule has 0 spiro atoms. The number of hydrogen-bond donors (Lipinski definition) is 2. The number of nitrogens with two attached hydrogens (primary N) is 1. The number of pyridine rings is 1. The molecule has 150 valence electrons. The lowest BCUT2D eigenvalue weighted by Gasteiger charge is -2.17. The molecule has 7 heteroatoms. The fourth-order valence-corrected chi connectivity index (χ4v) is 5.85. The molecule has 1 aromatic carbocycles. The molecule has 2 heterocycles. The van der Waals surface area contributed by atoms with Crippen molar-refractivity contribution in [1.82, 2.24) is 4.57 Å². The molecular formula is C22H21FN2O3S. The van der Waals surface area contributed by atoms with Crippen molar-refractivity contribution in [3.05, 3.63) is 55.9 Å². The average molecular weight is 412 g/mol. The number of thiophene rings is 1. The van der Waals surface area contributed by atoms with Crippen LogP contribution < -0.4 is 11.2 Å². The third-order valence-corrected chi connectivity index (χ3v) is 7.39. The van der Waals surface area contributed by atoms with Crippen LogP contribution in [0, 0.1) is 12.7 Å². The second-order valence-corrected chi connectivity index (χ2v) is 9.15. The van der Waals surface area contributed by atoms with Gasteiger partial charge in [0.2, 0.25) is 5.43 Å². The Balaban J connectivity index is 1.81. The van der Waals surface area contributed by atoms with Gasteiger partial charge in [-0.3, -0.25) is 4.79 Å². The van der Waals surface area contributed by atoms with E-state index in [2.05, 4.69) is 0 Å². The number of fused-ring (bicyclic) bond motifs is 2. The zero-order chi connectivity index (χ0) is 20.4. The van der Waals surface area contributed by atoms with Gasteiger partial charge in [-0.05, 0) is 62.3 Å². The Morgan fingerprint density at radius 3 is 2.72 bits per heavy atom. The van der Waals surface area contributed by atoms with Gasteiger partial charge >= 0.3 is 5.97 Å². The van der Waals surface area contributed by atoms with Gasteiger partial charge in [-0.2, -0.15) is 0 Å². The van der Waals surface area contributed by atoms with E-state index in [4.69, 9.17) is 5.73 Å². The quantitative estimate of drug-likeness (QED) is 0.661. The van der Waals surface area contributed by atoms with E-state index in [0.29, 0.717) is 16.6 Å². The van der Waals surface area contributed by atoms with E-state index < -0.39 is 17.2 Å². The van der Waals surface area contributed by atoms with E-state index in [9.17, 15) is 14.7 Å². The molecule has 2 aliphatic carbocycles. The first-order valence-corrected chi connectivity index (χ1v) is 10.7. The SMILES string of the molecule is Cc1c(-c2cc3c(s2)C(N)CCC3)c(F)cc2c(=O)c(C(=O)O)cn(C3CC3)c12. The van der Waals surface area contributed by atoms with Gasteiger partial charge in [0.05, 0.1) is 5.52 Å². The Bertz CT molecular complexity index is 1240. The minimum atomic E-state index is -1.28. The molecule has 5 rings (SSSR count). The van der Waals surface area contributed by atoms with Gasteiger partial charge in [0.25, 0.3) is 0 Å². The van der Waals surface area contributed by atoms with Gasteiger partial charge in [-0.25, -0.2) is 9.18 Å². The number of carboxylic acids is 1. The Morgan fingerprint density at radius 1 is 1.31 bits per heavy atom. The normalized spacial score (nSPS) is 18.8. The summed E-state index contributed by atoms with van der Waals surface area (Å²) < 4.78 is 17.1. The van der Waals surface area contributed by atoms with E-state index in [1.807, 2.05) is 17.6 Å². The molecule has 1 saturated carbocycles. The monoisotopic (exact) mass is 412 g/mol. The van der Waals surface area contributed by atoms with E-state index in [1.54, 1.807) is 0 Å². The van der Waals surface area contributed by atoms with Crippen molar-refractivity contribution in [2.45, 2.75) is 51.1 Å². The van der Waals surface area contributed by atoms with Crippen molar-refractivity contribution in [2.75, 3.05) is 0 Å². The van der Waals surface area contributed by atoms with Crippen LogP contribution in [-0.4, -0.2) is 15.6 Å². The van der Waals surface area contributed by atoms with Crippen molar-refractivity contribution >= 4 is 28.2 Å². The zero-order valence-corrected chi connectivity index (χ0v) is 16.8. The summed E-state index contributed by atoms with van der Waals surface area (Å²) in [6.45, 7) is 1.82. The Morgan fingerprint density at radius 2 is 2.07 bits per heavy atom. The lowest BCUT2D eigenvalue weighted by Crippen LogP contribution is -2.19. The molecule has 1 fully saturated rings. The highest BCUT2D eigenvalue weighted by Gasteiger charge is 2.30. The number of halogens is 1. The van der Waals surface area contributed by atoms with E-state index in [-0.39, 0.29) is 23.0 Å². The Labute approximate surface area is 170 Å². The highest BCUT2D eigenvalue weighted by atomic mass is 32.1. The highest BCUT2D eigenvalue weighted by Crippen LogP contribution is 2.44. The maximum absolute atomic E-state index is 15.3. The number of carbonyl (C=O) groups is 1. The standard InChI is InChI=1S/C22H21FN2O3S/c1-10-18(17-7-11-3-2-4-16(24)21(11)29-17)15(23)8-13-19(10)25(12-5-6-12)9-14(20(13)26)22(27)28/h7-9,12,16H,2-6,24H2,1H3,(H,27,28). The molecule has 1 unspecified atom stereocenters. The largest absolute Gasteiger partial charge is 0.477 e. The average Bonchev–Trinajstić information content (AvgIpc) is 3.42. The van der Waals surface area contributed by atoms with Gasteiger partial charge < -0.3 is 15.4 Å². The van der Waals surface area contributed by atoms with Crippen molar-refractivity contribution < 1.29 is 14.3 Å². The fourth-order valence-electron chi connectivity index (χ4n) is 4.49. The third-order valence-electron chi connectivity index (χ3n) is 6.07. The van der Waals surface area contributed by atoms with E-state index in [1.165, 1.54) is 29.2 Å². The Kier molecular flexibility index (Phi) is 4.15. The topological polar surface area (TPSA) is 85.3 Å². The first-order chi connectivity index (χ1) is 13.9. The summed E-state index contributed by atoms with van der Waals surface area (Å²) >= 11 is 1.53. The molecular weight excluding hydrogens is 391 g/mol. The first kappa shape index (κ1) is 18.5. The van der Waals surface area contributed by atoms with Crippen LogP contribution >= 0.6 is 11.3 Å². The minimum Gasteiger partial charge on any atom is -0.477 e. The number of hydrogen-bond acceptors (Lipinski definition) is 4. The molecule has 0 radical (unpaired) electrons. The Hall–Kier alpha value is -2.51. The van der Waals surface area contributed by atoms with Crippen molar-refractivity contribution in [3.8, 4) is 10.4 Å². The number of rotatable bonds is 3. The predicted octanol–water partition coefficient (Wildman–Crippen LogP) is 4.55. The van der Waals surface area contributed by atoms with Crippen molar-refractivity contribution in [1.29, 1.82) is 0 Å². The molecule has 2 aliphatic rings. The number of aromatic nitrogens is 1. The summed E-state index contributed by atoms with van der Waals surface area (Å²) in [7, 11) is 0. The number of aromatic carboxylic acids is 1. The van der Waals surface area contributed by atoms with E-state index >= 15 is 4.39 Å². The molecule has 1 atom stereocenters. The van der Waals surface area contributed by atoms with Gasteiger partial charge in [0, 0.05) is 39.0 Å². The fraction of sp³-hybridized carbons (Fsp3) is 0.364.